The van der Waals surface area contributed by atoms with Crippen molar-refractivity contribution in [1.82, 2.24) is 14.8 Å². The topological polar surface area (TPSA) is 68.0 Å². The smallest absolute Gasteiger partial charge is 0.434 e. The molecule has 0 saturated heterocycles. The number of aromatic nitrogens is 3. The molecule has 0 fully saturated rings. The highest BCUT2D eigenvalue weighted by atomic mass is 19.4. The van der Waals surface area contributed by atoms with Crippen LogP contribution in [-0.2, 0) is 6.18 Å². The highest BCUT2D eigenvalue weighted by molar-refractivity contribution is 5.89. The van der Waals surface area contributed by atoms with E-state index in [-0.39, 0.29) is 17.4 Å². The first-order chi connectivity index (χ1) is 10.1. The van der Waals surface area contributed by atoms with E-state index in [0.717, 1.165) is 12.1 Å². The van der Waals surface area contributed by atoms with Gasteiger partial charge in [-0.05, 0) is 18.1 Å². The van der Waals surface area contributed by atoms with Crippen molar-refractivity contribution < 1.29 is 27.5 Å². The molecule has 2 aromatic rings. The summed E-state index contributed by atoms with van der Waals surface area (Å²) in [4.78, 5) is 14.7. The fourth-order valence-corrected chi connectivity index (χ4v) is 1.92. The molecule has 0 radical (unpaired) electrons. The summed E-state index contributed by atoms with van der Waals surface area (Å²) >= 11 is 0. The predicted molar refractivity (Wildman–Crippen MR) is 67.4 cm³/mol. The fraction of sp³-hybridized carbons (Fsp3) is 0.308. The first-order valence-corrected chi connectivity index (χ1v) is 6.18. The van der Waals surface area contributed by atoms with Crippen LogP contribution < -0.4 is 0 Å². The van der Waals surface area contributed by atoms with Gasteiger partial charge in [0.2, 0.25) is 0 Å². The molecule has 1 N–H and O–H groups in total. The van der Waals surface area contributed by atoms with E-state index in [2.05, 4.69) is 10.1 Å². The number of aromatic carboxylic acids is 1. The van der Waals surface area contributed by atoms with Gasteiger partial charge in [0.25, 0.3) is 0 Å². The number of alkyl halides is 3. The van der Waals surface area contributed by atoms with Gasteiger partial charge in [0.1, 0.15) is 11.4 Å². The van der Waals surface area contributed by atoms with E-state index < -0.39 is 29.2 Å². The van der Waals surface area contributed by atoms with Crippen molar-refractivity contribution in [3.05, 3.63) is 41.1 Å². The maximum Gasteiger partial charge on any atom is 0.434 e. The van der Waals surface area contributed by atoms with Crippen LogP contribution >= 0.6 is 0 Å². The van der Waals surface area contributed by atoms with Crippen molar-refractivity contribution >= 4 is 5.97 Å². The van der Waals surface area contributed by atoms with Gasteiger partial charge in [-0.25, -0.2) is 18.9 Å². The number of carboxylic acid groups (broad SMARTS) is 1. The Morgan fingerprint density at radius 2 is 1.95 bits per heavy atom. The Kier molecular flexibility index (Phi) is 3.90. The van der Waals surface area contributed by atoms with Crippen LogP contribution in [0.2, 0.25) is 0 Å². The van der Waals surface area contributed by atoms with E-state index >= 15 is 0 Å². The third-order valence-corrected chi connectivity index (χ3v) is 2.89. The molecule has 0 aliphatic carbocycles. The normalized spacial score (nSPS) is 12.0. The van der Waals surface area contributed by atoms with Crippen LogP contribution in [0, 0.1) is 5.82 Å². The number of nitrogens with zero attached hydrogens (tertiary/aromatic N) is 3. The summed E-state index contributed by atoms with van der Waals surface area (Å²) in [6.45, 7) is 3.26. The molecule has 22 heavy (non-hydrogen) atoms. The van der Waals surface area contributed by atoms with Gasteiger partial charge in [0, 0.05) is 0 Å². The summed E-state index contributed by atoms with van der Waals surface area (Å²) in [6, 6.07) is 1.98. The number of pyridine rings is 1. The van der Waals surface area contributed by atoms with Gasteiger partial charge >= 0.3 is 12.1 Å². The molecule has 0 unspecified atom stereocenters. The Morgan fingerprint density at radius 3 is 2.45 bits per heavy atom. The first kappa shape index (κ1) is 15.9. The van der Waals surface area contributed by atoms with Gasteiger partial charge in [-0.15, -0.1) is 0 Å². The largest absolute Gasteiger partial charge is 0.478 e. The third-order valence-electron chi connectivity index (χ3n) is 2.89. The van der Waals surface area contributed by atoms with Gasteiger partial charge in [0.15, 0.2) is 11.5 Å². The Labute approximate surface area is 122 Å². The zero-order valence-corrected chi connectivity index (χ0v) is 11.5. The lowest BCUT2D eigenvalue weighted by Crippen LogP contribution is -2.18. The van der Waals surface area contributed by atoms with Crippen molar-refractivity contribution in [2.24, 2.45) is 0 Å². The SMILES string of the molecule is CC(C)c1nc(-n2ncc(C(=O)O)c2C(F)(F)F)ccc1F. The van der Waals surface area contributed by atoms with Crippen LogP contribution in [0.5, 0.6) is 0 Å². The Balaban J connectivity index is 2.68. The second-order valence-electron chi connectivity index (χ2n) is 4.81. The maximum atomic E-state index is 13.6. The minimum atomic E-state index is -4.95. The quantitative estimate of drug-likeness (QED) is 0.882. The zero-order valence-electron chi connectivity index (χ0n) is 11.5. The molecule has 2 aromatic heterocycles. The second-order valence-corrected chi connectivity index (χ2v) is 4.81. The molecular weight excluding hydrogens is 306 g/mol. The van der Waals surface area contributed by atoms with Crippen molar-refractivity contribution in [3.63, 3.8) is 0 Å². The van der Waals surface area contributed by atoms with Crippen molar-refractivity contribution in [2.45, 2.75) is 25.9 Å². The van der Waals surface area contributed by atoms with E-state index in [1.54, 1.807) is 13.8 Å². The lowest BCUT2D eigenvalue weighted by Gasteiger charge is -2.13. The van der Waals surface area contributed by atoms with Gasteiger partial charge in [-0.3, -0.25) is 0 Å². The van der Waals surface area contributed by atoms with Crippen LogP contribution in [0.4, 0.5) is 17.6 Å². The predicted octanol–water partition coefficient (Wildman–Crippen LogP) is 3.25. The molecule has 0 amide bonds. The minimum absolute atomic E-state index is 0.0296. The monoisotopic (exact) mass is 317 g/mol. The lowest BCUT2D eigenvalue weighted by molar-refractivity contribution is -0.143. The van der Waals surface area contributed by atoms with Crippen molar-refractivity contribution in [3.8, 4) is 5.82 Å². The van der Waals surface area contributed by atoms with Crippen LogP contribution in [0.3, 0.4) is 0 Å². The molecule has 9 heteroatoms. The lowest BCUT2D eigenvalue weighted by atomic mass is 10.1. The van der Waals surface area contributed by atoms with Crippen molar-refractivity contribution in [1.29, 1.82) is 0 Å². The number of hydrogen-bond donors (Lipinski definition) is 1. The first-order valence-electron chi connectivity index (χ1n) is 6.18. The van der Waals surface area contributed by atoms with Crippen LogP contribution in [-0.4, -0.2) is 25.8 Å². The molecule has 0 aliphatic heterocycles. The van der Waals surface area contributed by atoms with Crippen LogP contribution in [0.25, 0.3) is 5.82 Å². The molecule has 5 nitrogen and oxygen atoms in total. The van der Waals surface area contributed by atoms with E-state index in [4.69, 9.17) is 5.11 Å². The van der Waals surface area contributed by atoms with Gasteiger partial charge in [-0.2, -0.15) is 18.3 Å². The molecular formula is C13H11F4N3O2. The number of carbonyl (C=O) groups is 1. The summed E-state index contributed by atoms with van der Waals surface area (Å²) < 4.78 is 53.3. The average molecular weight is 317 g/mol. The van der Waals surface area contributed by atoms with Crippen LogP contribution in [0.1, 0.15) is 41.5 Å². The van der Waals surface area contributed by atoms with Crippen molar-refractivity contribution in [2.75, 3.05) is 0 Å². The Morgan fingerprint density at radius 1 is 1.32 bits per heavy atom. The molecule has 2 rings (SSSR count). The average Bonchev–Trinajstić information content (AvgIpc) is 2.83. The standard InChI is InChI=1S/C13H11F4N3O2/c1-6(2)10-8(14)3-4-9(19-10)20-11(13(15,16)17)7(5-18-20)12(21)22/h3-6H,1-2H3,(H,21,22). The molecule has 0 saturated carbocycles. The third kappa shape index (κ3) is 2.78. The number of hydrogen-bond acceptors (Lipinski definition) is 3. The summed E-state index contributed by atoms with van der Waals surface area (Å²) in [5, 5.41) is 12.3. The van der Waals surface area contributed by atoms with Gasteiger partial charge in [0.05, 0.1) is 11.9 Å². The molecule has 0 aliphatic rings. The van der Waals surface area contributed by atoms with E-state index in [1.165, 1.54) is 0 Å². The summed E-state index contributed by atoms with van der Waals surface area (Å²) in [7, 11) is 0. The summed E-state index contributed by atoms with van der Waals surface area (Å²) in [5.41, 5.74) is -2.49. The number of halogens is 4. The summed E-state index contributed by atoms with van der Waals surface area (Å²) in [5.74, 6) is -3.07. The van der Waals surface area contributed by atoms with Gasteiger partial charge < -0.3 is 5.11 Å². The second kappa shape index (κ2) is 5.39. The number of carboxylic acids is 1. The molecule has 2 heterocycles. The van der Waals surface area contributed by atoms with Gasteiger partial charge in [-0.1, -0.05) is 13.8 Å². The van der Waals surface area contributed by atoms with Crippen LogP contribution in [0.15, 0.2) is 18.3 Å². The summed E-state index contributed by atoms with van der Waals surface area (Å²) in [6.07, 6.45) is -4.36. The molecule has 0 aromatic carbocycles. The number of rotatable bonds is 3. The molecule has 118 valence electrons. The maximum absolute atomic E-state index is 13.6. The van der Waals surface area contributed by atoms with E-state index in [0.29, 0.717) is 10.9 Å². The van der Waals surface area contributed by atoms with E-state index in [1.807, 2.05) is 0 Å². The minimum Gasteiger partial charge on any atom is -0.478 e. The molecule has 0 spiro atoms. The molecule has 0 bridgehead atoms. The highest BCUT2D eigenvalue weighted by Gasteiger charge is 2.41. The molecule has 0 atom stereocenters. The Bertz CT molecular complexity index is 723. The Hall–Kier alpha value is -2.45. The fourth-order valence-electron chi connectivity index (χ4n) is 1.92. The zero-order chi connectivity index (χ0) is 16.7. The van der Waals surface area contributed by atoms with E-state index in [9.17, 15) is 22.4 Å². The highest BCUT2D eigenvalue weighted by Crippen LogP contribution is 2.33.